The molecule has 9 heteroatoms. The van der Waals surface area contributed by atoms with Crippen LogP contribution in [0.5, 0.6) is 0 Å². The molecule has 0 radical (unpaired) electrons. The SMILES string of the molecule is Cc1ccccc1NC(=O)c1nc(-c2cn(-c3ccc(F)cc3)nn2)no1. The van der Waals surface area contributed by atoms with Gasteiger partial charge in [-0.25, -0.2) is 9.07 Å². The third-order valence-corrected chi connectivity index (χ3v) is 3.83. The minimum absolute atomic E-state index is 0.123. The molecule has 0 aliphatic heterocycles. The van der Waals surface area contributed by atoms with Crippen molar-refractivity contribution in [1.82, 2.24) is 25.1 Å². The minimum atomic E-state index is -0.519. The van der Waals surface area contributed by atoms with Gasteiger partial charge in [-0.3, -0.25) is 4.79 Å². The van der Waals surface area contributed by atoms with Crippen LogP contribution in [0.15, 0.2) is 59.3 Å². The summed E-state index contributed by atoms with van der Waals surface area (Å²) in [5, 5.41) is 14.4. The Balaban J connectivity index is 1.53. The third-order valence-electron chi connectivity index (χ3n) is 3.83. The van der Waals surface area contributed by atoms with Gasteiger partial charge in [0.2, 0.25) is 5.82 Å². The van der Waals surface area contributed by atoms with E-state index < -0.39 is 5.91 Å². The van der Waals surface area contributed by atoms with Crippen LogP contribution in [-0.2, 0) is 0 Å². The van der Waals surface area contributed by atoms with Crippen molar-refractivity contribution in [2.45, 2.75) is 6.92 Å². The van der Waals surface area contributed by atoms with Crippen LogP contribution in [0.3, 0.4) is 0 Å². The summed E-state index contributed by atoms with van der Waals surface area (Å²) in [6.45, 7) is 1.88. The minimum Gasteiger partial charge on any atom is -0.328 e. The molecule has 134 valence electrons. The number of carbonyl (C=O) groups is 1. The van der Waals surface area contributed by atoms with Gasteiger partial charge in [0.15, 0.2) is 5.69 Å². The van der Waals surface area contributed by atoms with Crippen LogP contribution < -0.4 is 5.32 Å². The highest BCUT2D eigenvalue weighted by Gasteiger charge is 2.19. The molecule has 0 aliphatic carbocycles. The maximum Gasteiger partial charge on any atom is 0.316 e. The summed E-state index contributed by atoms with van der Waals surface area (Å²) in [4.78, 5) is 16.3. The Morgan fingerprint density at radius 1 is 1.15 bits per heavy atom. The highest BCUT2D eigenvalue weighted by Crippen LogP contribution is 2.17. The number of rotatable bonds is 4. The van der Waals surface area contributed by atoms with Crippen molar-refractivity contribution >= 4 is 11.6 Å². The Kier molecular flexibility index (Phi) is 4.17. The number of hydrogen-bond donors (Lipinski definition) is 1. The second-order valence-corrected chi connectivity index (χ2v) is 5.72. The molecule has 4 aromatic rings. The van der Waals surface area contributed by atoms with Gasteiger partial charge in [0, 0.05) is 5.69 Å². The van der Waals surface area contributed by atoms with E-state index in [9.17, 15) is 9.18 Å². The normalized spacial score (nSPS) is 10.7. The average molecular weight is 364 g/mol. The van der Waals surface area contributed by atoms with Crippen molar-refractivity contribution in [3.8, 4) is 17.2 Å². The first-order valence-electron chi connectivity index (χ1n) is 7.99. The lowest BCUT2D eigenvalue weighted by molar-refractivity contribution is 0.0981. The summed E-state index contributed by atoms with van der Waals surface area (Å²) < 4.78 is 19.5. The molecule has 0 fully saturated rings. The lowest BCUT2D eigenvalue weighted by Gasteiger charge is -2.04. The Bertz CT molecular complexity index is 1100. The Morgan fingerprint density at radius 2 is 1.93 bits per heavy atom. The number of hydrogen-bond acceptors (Lipinski definition) is 6. The van der Waals surface area contributed by atoms with Gasteiger partial charge >= 0.3 is 11.8 Å². The van der Waals surface area contributed by atoms with Gasteiger partial charge < -0.3 is 9.84 Å². The van der Waals surface area contributed by atoms with E-state index in [1.165, 1.54) is 16.8 Å². The van der Waals surface area contributed by atoms with Crippen LogP contribution in [0, 0.1) is 12.7 Å². The molecular formula is C18H13FN6O2. The lowest BCUT2D eigenvalue weighted by atomic mass is 10.2. The molecular weight excluding hydrogens is 351 g/mol. The standard InChI is InChI=1S/C18H13FN6O2/c1-11-4-2-3-5-14(11)20-17(26)18-21-16(23-27-18)15-10-25(24-22-15)13-8-6-12(19)7-9-13/h2-10H,1H3,(H,20,26). The molecule has 0 aliphatic rings. The van der Waals surface area contributed by atoms with Crippen LogP contribution in [0.25, 0.3) is 17.2 Å². The van der Waals surface area contributed by atoms with Crippen LogP contribution in [0.4, 0.5) is 10.1 Å². The van der Waals surface area contributed by atoms with E-state index in [0.717, 1.165) is 5.56 Å². The quantitative estimate of drug-likeness (QED) is 0.598. The number of para-hydroxylation sites is 1. The van der Waals surface area contributed by atoms with Gasteiger partial charge in [-0.1, -0.05) is 28.6 Å². The zero-order chi connectivity index (χ0) is 18.8. The number of aromatic nitrogens is 5. The molecule has 2 aromatic heterocycles. The highest BCUT2D eigenvalue weighted by molar-refractivity contribution is 6.01. The predicted octanol–water partition coefficient (Wildman–Crippen LogP) is 3.02. The summed E-state index contributed by atoms with van der Waals surface area (Å²) in [5.74, 6) is -0.932. The molecule has 1 amide bonds. The summed E-state index contributed by atoms with van der Waals surface area (Å²) in [7, 11) is 0. The molecule has 0 saturated carbocycles. The number of nitrogens with zero attached hydrogens (tertiary/aromatic N) is 5. The number of benzene rings is 2. The molecule has 2 aromatic carbocycles. The fourth-order valence-electron chi connectivity index (χ4n) is 2.39. The maximum absolute atomic E-state index is 13.0. The van der Waals surface area contributed by atoms with Crippen molar-refractivity contribution < 1.29 is 13.7 Å². The molecule has 4 rings (SSSR count). The van der Waals surface area contributed by atoms with Crippen LogP contribution >= 0.6 is 0 Å². The average Bonchev–Trinajstić information content (AvgIpc) is 3.33. The van der Waals surface area contributed by atoms with Crippen molar-refractivity contribution in [2.24, 2.45) is 0 Å². The fourth-order valence-corrected chi connectivity index (χ4v) is 2.39. The van der Waals surface area contributed by atoms with Crippen molar-refractivity contribution in [3.05, 3.63) is 72.0 Å². The highest BCUT2D eigenvalue weighted by atomic mass is 19.1. The molecule has 0 saturated heterocycles. The summed E-state index contributed by atoms with van der Waals surface area (Å²) in [5.41, 5.74) is 2.51. The number of amides is 1. The predicted molar refractivity (Wildman–Crippen MR) is 93.7 cm³/mol. The van der Waals surface area contributed by atoms with Gasteiger partial charge in [-0.2, -0.15) is 4.98 Å². The monoisotopic (exact) mass is 364 g/mol. The van der Waals surface area contributed by atoms with Gasteiger partial charge in [0.1, 0.15) is 5.82 Å². The second kappa shape index (κ2) is 6.79. The number of anilines is 1. The topological polar surface area (TPSA) is 98.7 Å². The molecule has 27 heavy (non-hydrogen) atoms. The first-order chi connectivity index (χ1) is 13.1. The Morgan fingerprint density at radius 3 is 2.70 bits per heavy atom. The van der Waals surface area contributed by atoms with E-state index in [0.29, 0.717) is 17.1 Å². The Hall–Kier alpha value is -3.88. The molecule has 8 nitrogen and oxygen atoms in total. The van der Waals surface area contributed by atoms with Gasteiger partial charge in [-0.15, -0.1) is 5.10 Å². The van der Waals surface area contributed by atoms with Gasteiger partial charge in [-0.05, 0) is 42.8 Å². The smallest absolute Gasteiger partial charge is 0.316 e. The first kappa shape index (κ1) is 16.6. The zero-order valence-corrected chi connectivity index (χ0v) is 14.1. The molecule has 0 unspecified atom stereocenters. The molecule has 0 spiro atoms. The molecule has 2 heterocycles. The summed E-state index contributed by atoms with van der Waals surface area (Å²) in [6, 6.07) is 13.1. The number of carbonyl (C=O) groups excluding carboxylic acids is 1. The number of nitrogens with one attached hydrogen (secondary N) is 1. The lowest BCUT2D eigenvalue weighted by Crippen LogP contribution is -2.13. The fraction of sp³-hybridized carbons (Fsp3) is 0.0556. The van der Waals surface area contributed by atoms with Gasteiger partial charge in [0.25, 0.3) is 0 Å². The number of aryl methyl sites for hydroxylation is 1. The van der Waals surface area contributed by atoms with E-state index >= 15 is 0 Å². The molecule has 0 bridgehead atoms. The molecule has 0 atom stereocenters. The van der Waals surface area contributed by atoms with Crippen molar-refractivity contribution in [2.75, 3.05) is 5.32 Å². The molecule has 1 N–H and O–H groups in total. The van der Waals surface area contributed by atoms with E-state index in [1.54, 1.807) is 24.4 Å². The van der Waals surface area contributed by atoms with E-state index in [2.05, 4.69) is 25.8 Å². The largest absolute Gasteiger partial charge is 0.328 e. The van der Waals surface area contributed by atoms with Crippen LogP contribution in [0.1, 0.15) is 16.2 Å². The first-order valence-corrected chi connectivity index (χ1v) is 7.99. The van der Waals surface area contributed by atoms with E-state index in [4.69, 9.17) is 4.52 Å². The van der Waals surface area contributed by atoms with Crippen molar-refractivity contribution in [3.63, 3.8) is 0 Å². The second-order valence-electron chi connectivity index (χ2n) is 5.72. The zero-order valence-electron chi connectivity index (χ0n) is 14.1. The Labute approximate surface area is 152 Å². The maximum atomic E-state index is 13.0. The van der Waals surface area contributed by atoms with Crippen molar-refractivity contribution in [1.29, 1.82) is 0 Å². The van der Waals surface area contributed by atoms with E-state index in [-0.39, 0.29) is 17.5 Å². The third kappa shape index (κ3) is 3.43. The van der Waals surface area contributed by atoms with Gasteiger partial charge in [0.05, 0.1) is 11.9 Å². The van der Waals surface area contributed by atoms with Crippen LogP contribution in [0.2, 0.25) is 0 Å². The van der Waals surface area contributed by atoms with E-state index in [1.807, 2.05) is 25.1 Å². The number of halogens is 1. The summed E-state index contributed by atoms with van der Waals surface area (Å²) >= 11 is 0. The van der Waals surface area contributed by atoms with Crippen LogP contribution in [-0.4, -0.2) is 31.0 Å². The summed E-state index contributed by atoms with van der Waals surface area (Å²) in [6.07, 6.45) is 1.56.